The van der Waals surface area contributed by atoms with Gasteiger partial charge in [-0.3, -0.25) is 4.79 Å². The molecule has 0 radical (unpaired) electrons. The van der Waals surface area contributed by atoms with Crippen LogP contribution in [0.4, 0.5) is 4.79 Å². The highest BCUT2D eigenvalue weighted by Crippen LogP contribution is 2.08. The molecule has 0 spiro atoms. The van der Waals surface area contributed by atoms with Crippen LogP contribution in [0.5, 0.6) is 5.75 Å². The van der Waals surface area contributed by atoms with Gasteiger partial charge in [-0.15, -0.1) is 0 Å². The summed E-state index contributed by atoms with van der Waals surface area (Å²) in [5, 5.41) is 18.1. The van der Waals surface area contributed by atoms with Crippen molar-refractivity contribution in [1.82, 2.24) is 16.1 Å². The van der Waals surface area contributed by atoms with Gasteiger partial charge in [-0.25, -0.2) is 10.2 Å². The Hall–Kier alpha value is -3.35. The fourth-order valence-corrected chi connectivity index (χ4v) is 1.82. The fraction of sp³-hybridized carbons (Fsp3) is 0.118. The minimum absolute atomic E-state index is 0.113. The lowest BCUT2D eigenvalue weighted by atomic mass is 10.2. The first-order valence-corrected chi connectivity index (χ1v) is 7.30. The number of hydrogen-bond donors (Lipinski definition) is 4. The number of rotatable bonds is 6. The van der Waals surface area contributed by atoms with E-state index in [0.717, 1.165) is 5.56 Å². The molecule has 0 unspecified atom stereocenters. The number of phenols is 1. The molecular formula is C17H18N4O3. The Labute approximate surface area is 139 Å². The Balaban J connectivity index is 1.66. The van der Waals surface area contributed by atoms with Crippen LogP contribution in [0.15, 0.2) is 59.7 Å². The number of amides is 3. The molecule has 7 heteroatoms. The van der Waals surface area contributed by atoms with Gasteiger partial charge in [0.1, 0.15) is 12.3 Å². The summed E-state index contributed by atoms with van der Waals surface area (Å²) in [6, 6.07) is 15.4. The summed E-state index contributed by atoms with van der Waals surface area (Å²) >= 11 is 0. The van der Waals surface area contributed by atoms with Gasteiger partial charge >= 0.3 is 6.03 Å². The van der Waals surface area contributed by atoms with Crippen molar-refractivity contribution in [2.24, 2.45) is 5.10 Å². The number of carbonyl (C=O) groups is 2. The van der Waals surface area contributed by atoms with Gasteiger partial charge in [0.2, 0.25) is 0 Å². The third-order valence-corrected chi connectivity index (χ3v) is 2.98. The van der Waals surface area contributed by atoms with Crippen molar-refractivity contribution in [3.63, 3.8) is 0 Å². The molecule has 0 atom stereocenters. The van der Waals surface area contributed by atoms with Crippen LogP contribution in [0.25, 0.3) is 0 Å². The summed E-state index contributed by atoms with van der Waals surface area (Å²) in [5.41, 5.74) is 3.89. The van der Waals surface area contributed by atoms with Crippen LogP contribution in [-0.4, -0.2) is 29.8 Å². The van der Waals surface area contributed by atoms with E-state index in [1.807, 2.05) is 30.3 Å². The zero-order valence-electron chi connectivity index (χ0n) is 12.9. The van der Waals surface area contributed by atoms with Crippen molar-refractivity contribution in [2.45, 2.75) is 6.54 Å². The number of carbonyl (C=O) groups excluding carboxylic acids is 2. The van der Waals surface area contributed by atoms with Crippen molar-refractivity contribution < 1.29 is 14.7 Å². The van der Waals surface area contributed by atoms with Crippen molar-refractivity contribution in [2.75, 3.05) is 6.54 Å². The Morgan fingerprint density at radius 3 is 2.58 bits per heavy atom. The van der Waals surface area contributed by atoms with Gasteiger partial charge in [-0.1, -0.05) is 42.5 Å². The maximum atomic E-state index is 11.6. The van der Waals surface area contributed by atoms with E-state index in [1.54, 1.807) is 12.1 Å². The minimum Gasteiger partial charge on any atom is -0.508 e. The molecular weight excluding hydrogens is 308 g/mol. The maximum Gasteiger partial charge on any atom is 0.315 e. The van der Waals surface area contributed by atoms with Gasteiger partial charge in [0.25, 0.3) is 5.91 Å². The second-order valence-electron chi connectivity index (χ2n) is 4.91. The van der Waals surface area contributed by atoms with Crippen molar-refractivity contribution >= 4 is 18.2 Å². The second kappa shape index (κ2) is 8.94. The first-order chi connectivity index (χ1) is 11.6. The van der Waals surface area contributed by atoms with Crippen LogP contribution < -0.4 is 16.1 Å². The van der Waals surface area contributed by atoms with Crippen LogP contribution in [0.3, 0.4) is 0 Å². The molecule has 24 heavy (non-hydrogen) atoms. The fourth-order valence-electron chi connectivity index (χ4n) is 1.82. The molecule has 0 aromatic heterocycles. The third-order valence-electron chi connectivity index (χ3n) is 2.98. The van der Waals surface area contributed by atoms with E-state index in [-0.39, 0.29) is 12.3 Å². The summed E-state index contributed by atoms with van der Waals surface area (Å²) in [6.45, 7) is 0.182. The van der Waals surface area contributed by atoms with E-state index in [2.05, 4.69) is 21.2 Å². The molecule has 0 saturated carbocycles. The molecule has 0 saturated heterocycles. The highest BCUT2D eigenvalue weighted by atomic mass is 16.3. The molecule has 0 aliphatic rings. The molecule has 2 aromatic rings. The number of phenolic OH excluding ortho intramolecular Hbond substituents is 1. The second-order valence-corrected chi connectivity index (χ2v) is 4.91. The van der Waals surface area contributed by atoms with E-state index in [9.17, 15) is 14.7 Å². The molecule has 2 aromatic carbocycles. The highest BCUT2D eigenvalue weighted by molar-refractivity contribution is 5.85. The lowest BCUT2D eigenvalue weighted by molar-refractivity contribution is -0.120. The first-order valence-electron chi connectivity index (χ1n) is 7.30. The van der Waals surface area contributed by atoms with E-state index in [4.69, 9.17) is 0 Å². The quantitative estimate of drug-likeness (QED) is 0.476. The van der Waals surface area contributed by atoms with E-state index < -0.39 is 11.9 Å². The van der Waals surface area contributed by atoms with Crippen LogP contribution >= 0.6 is 0 Å². The van der Waals surface area contributed by atoms with Gasteiger partial charge in [0, 0.05) is 6.54 Å². The summed E-state index contributed by atoms with van der Waals surface area (Å²) < 4.78 is 0. The van der Waals surface area contributed by atoms with Gasteiger partial charge in [-0.2, -0.15) is 5.10 Å². The normalized spacial score (nSPS) is 10.3. The maximum absolute atomic E-state index is 11.6. The smallest absolute Gasteiger partial charge is 0.315 e. The standard InChI is InChI=1S/C17H18N4O3/c22-15-8-4-7-14(9-15)11-20-21-16(23)12-19-17(24)18-10-13-5-2-1-3-6-13/h1-9,11,22H,10,12H2,(H,21,23)(H2,18,19,24). The molecule has 3 amide bonds. The van der Waals surface area contributed by atoms with Crippen molar-refractivity contribution in [3.8, 4) is 5.75 Å². The Morgan fingerprint density at radius 2 is 1.83 bits per heavy atom. The summed E-state index contributed by atoms with van der Waals surface area (Å²) in [7, 11) is 0. The number of hydrogen-bond acceptors (Lipinski definition) is 4. The number of nitrogens with one attached hydrogen (secondary N) is 3. The minimum atomic E-state index is -0.457. The molecule has 0 fully saturated rings. The molecule has 2 rings (SSSR count). The van der Waals surface area contributed by atoms with Gasteiger partial charge < -0.3 is 15.7 Å². The topological polar surface area (TPSA) is 103 Å². The number of nitrogens with zero attached hydrogens (tertiary/aromatic N) is 1. The molecule has 0 aliphatic carbocycles. The van der Waals surface area contributed by atoms with Crippen molar-refractivity contribution in [1.29, 1.82) is 0 Å². The summed E-state index contributed by atoms with van der Waals surface area (Å²) in [5.74, 6) is -0.344. The Kier molecular flexibility index (Phi) is 6.34. The SMILES string of the molecule is O=C(CNC(=O)NCc1ccccc1)NN=Cc1cccc(O)c1. The lowest BCUT2D eigenvalue weighted by Crippen LogP contribution is -2.40. The molecule has 7 nitrogen and oxygen atoms in total. The van der Waals surface area contributed by atoms with E-state index in [0.29, 0.717) is 12.1 Å². The summed E-state index contributed by atoms with van der Waals surface area (Å²) in [6.07, 6.45) is 1.40. The average molecular weight is 326 g/mol. The zero-order valence-corrected chi connectivity index (χ0v) is 12.9. The van der Waals surface area contributed by atoms with Crippen LogP contribution in [-0.2, 0) is 11.3 Å². The molecule has 0 bridgehead atoms. The predicted molar refractivity (Wildman–Crippen MR) is 90.5 cm³/mol. The van der Waals surface area contributed by atoms with E-state index in [1.165, 1.54) is 18.3 Å². The number of hydrazone groups is 1. The van der Waals surface area contributed by atoms with Crippen LogP contribution in [0, 0.1) is 0 Å². The number of urea groups is 1. The third kappa shape index (κ3) is 6.18. The molecule has 0 heterocycles. The number of aromatic hydroxyl groups is 1. The molecule has 4 N–H and O–H groups in total. The van der Waals surface area contributed by atoms with Gasteiger partial charge in [0.05, 0.1) is 6.21 Å². The predicted octanol–water partition coefficient (Wildman–Crippen LogP) is 1.34. The van der Waals surface area contributed by atoms with Crippen molar-refractivity contribution in [3.05, 3.63) is 65.7 Å². The van der Waals surface area contributed by atoms with Gasteiger partial charge in [-0.05, 0) is 23.3 Å². The number of benzene rings is 2. The zero-order chi connectivity index (χ0) is 17.2. The molecule has 124 valence electrons. The van der Waals surface area contributed by atoms with E-state index >= 15 is 0 Å². The first kappa shape index (κ1) is 17.0. The van der Waals surface area contributed by atoms with Crippen LogP contribution in [0.1, 0.15) is 11.1 Å². The largest absolute Gasteiger partial charge is 0.508 e. The lowest BCUT2D eigenvalue weighted by Gasteiger charge is -2.06. The monoisotopic (exact) mass is 326 g/mol. The van der Waals surface area contributed by atoms with Crippen LogP contribution in [0.2, 0.25) is 0 Å². The molecule has 0 aliphatic heterocycles. The summed E-state index contributed by atoms with van der Waals surface area (Å²) in [4.78, 5) is 23.1. The Bertz CT molecular complexity index is 717. The average Bonchev–Trinajstić information content (AvgIpc) is 2.59. The highest BCUT2D eigenvalue weighted by Gasteiger charge is 2.04. The Morgan fingerprint density at radius 1 is 1.04 bits per heavy atom. The van der Waals surface area contributed by atoms with Gasteiger partial charge in [0.15, 0.2) is 0 Å².